The van der Waals surface area contributed by atoms with Gasteiger partial charge in [0.25, 0.3) is 0 Å². The lowest BCUT2D eigenvalue weighted by atomic mass is 10.1. The van der Waals surface area contributed by atoms with Crippen LogP contribution in [-0.4, -0.2) is 40.1 Å². The number of nitriles is 1. The molecule has 28 heavy (non-hydrogen) atoms. The van der Waals surface area contributed by atoms with Gasteiger partial charge >= 0.3 is 5.97 Å². The molecule has 7 heteroatoms. The molecule has 0 unspecified atom stereocenters. The molecular weight excluding hydrogens is 356 g/mol. The summed E-state index contributed by atoms with van der Waals surface area (Å²) in [6, 6.07) is 12.8. The van der Waals surface area contributed by atoms with E-state index < -0.39 is 11.6 Å². The summed E-state index contributed by atoms with van der Waals surface area (Å²) in [5, 5.41) is 27.8. The van der Waals surface area contributed by atoms with Crippen molar-refractivity contribution in [1.82, 2.24) is 9.78 Å². The van der Waals surface area contributed by atoms with Crippen LogP contribution in [0.4, 0.5) is 5.69 Å². The van der Waals surface area contributed by atoms with Crippen molar-refractivity contribution in [2.75, 3.05) is 19.0 Å². The Balaban J connectivity index is 2.13. The van der Waals surface area contributed by atoms with Gasteiger partial charge in [0, 0.05) is 11.9 Å². The number of methoxy groups -OCH3 is 1. The lowest BCUT2D eigenvalue weighted by Crippen LogP contribution is -2.29. The van der Waals surface area contributed by atoms with Crippen molar-refractivity contribution in [2.45, 2.75) is 26.4 Å². The lowest BCUT2D eigenvalue weighted by molar-refractivity contribution is 0.0603. The number of carbonyl (C=O) groups is 1. The van der Waals surface area contributed by atoms with Gasteiger partial charge in [-0.2, -0.15) is 10.4 Å². The first-order valence-corrected chi connectivity index (χ1v) is 8.82. The average molecular weight is 378 g/mol. The molecule has 144 valence electrons. The van der Waals surface area contributed by atoms with Crippen LogP contribution in [0.3, 0.4) is 0 Å². The normalized spacial score (nSPS) is 11.3. The van der Waals surface area contributed by atoms with Gasteiger partial charge in [0.2, 0.25) is 0 Å². The maximum Gasteiger partial charge on any atom is 0.338 e. The lowest BCUT2D eigenvalue weighted by Gasteiger charge is -2.19. The maximum atomic E-state index is 12.1. The molecule has 0 aliphatic rings. The quantitative estimate of drug-likeness (QED) is 0.662. The molecule has 2 aromatic carbocycles. The molecule has 1 heterocycles. The van der Waals surface area contributed by atoms with Gasteiger partial charge in [0.15, 0.2) is 0 Å². The molecule has 0 spiro atoms. The first-order valence-electron chi connectivity index (χ1n) is 8.82. The van der Waals surface area contributed by atoms with Crippen molar-refractivity contribution in [3.63, 3.8) is 0 Å². The Bertz CT molecular complexity index is 1090. The highest BCUT2D eigenvalue weighted by Gasteiger charge is 2.18. The number of carbonyl (C=O) groups excluding carboxylic acids is 1. The van der Waals surface area contributed by atoms with E-state index in [1.165, 1.54) is 7.11 Å². The van der Waals surface area contributed by atoms with Gasteiger partial charge in [0.05, 0.1) is 46.4 Å². The SMILES string of the molecule is COC(=O)c1cccc2c1c(C)nn2-c1ccc(C#N)c(NCC(C)(C)O)c1. The van der Waals surface area contributed by atoms with E-state index in [-0.39, 0.29) is 6.54 Å². The van der Waals surface area contributed by atoms with Gasteiger partial charge < -0.3 is 15.2 Å². The molecule has 7 nitrogen and oxygen atoms in total. The number of hydrogen-bond donors (Lipinski definition) is 2. The number of rotatable bonds is 5. The van der Waals surface area contributed by atoms with E-state index in [0.29, 0.717) is 22.5 Å². The minimum absolute atomic E-state index is 0.288. The molecule has 0 aliphatic heterocycles. The minimum atomic E-state index is -0.923. The fourth-order valence-corrected chi connectivity index (χ4v) is 3.05. The standard InChI is InChI=1S/C21H22N4O3/c1-13-19-16(20(26)28-4)6-5-7-18(19)25(24-13)15-9-8-14(11-22)17(10-15)23-12-21(2,3)27/h5-10,23,27H,12H2,1-4H3. The summed E-state index contributed by atoms with van der Waals surface area (Å²) >= 11 is 0. The number of aromatic nitrogens is 2. The molecule has 0 fully saturated rings. The highest BCUT2D eigenvalue weighted by Crippen LogP contribution is 2.28. The molecule has 0 amide bonds. The summed E-state index contributed by atoms with van der Waals surface area (Å²) in [4.78, 5) is 12.1. The van der Waals surface area contributed by atoms with Crippen molar-refractivity contribution in [3.8, 4) is 11.8 Å². The molecule has 0 radical (unpaired) electrons. The first-order chi connectivity index (χ1) is 13.2. The Kier molecular flexibility index (Phi) is 5.08. The number of hydrogen-bond acceptors (Lipinski definition) is 6. The number of nitrogens with one attached hydrogen (secondary N) is 1. The third kappa shape index (κ3) is 3.68. The molecule has 0 aliphatic carbocycles. The van der Waals surface area contributed by atoms with E-state index in [1.807, 2.05) is 13.0 Å². The van der Waals surface area contributed by atoms with Gasteiger partial charge in [-0.05, 0) is 51.1 Å². The second-order valence-corrected chi connectivity index (χ2v) is 7.20. The molecule has 0 saturated heterocycles. The van der Waals surface area contributed by atoms with Crippen LogP contribution >= 0.6 is 0 Å². The Morgan fingerprint density at radius 2 is 2.11 bits per heavy atom. The van der Waals surface area contributed by atoms with Crippen LogP contribution in [0.15, 0.2) is 36.4 Å². The molecule has 0 atom stereocenters. The summed E-state index contributed by atoms with van der Waals surface area (Å²) in [7, 11) is 1.35. The fourth-order valence-electron chi connectivity index (χ4n) is 3.05. The summed E-state index contributed by atoms with van der Waals surface area (Å²) < 4.78 is 6.61. The van der Waals surface area contributed by atoms with Crippen molar-refractivity contribution in [3.05, 3.63) is 53.2 Å². The van der Waals surface area contributed by atoms with Crippen LogP contribution in [0, 0.1) is 18.3 Å². The second-order valence-electron chi connectivity index (χ2n) is 7.20. The van der Waals surface area contributed by atoms with E-state index in [9.17, 15) is 15.2 Å². The molecule has 2 N–H and O–H groups in total. The summed E-state index contributed by atoms with van der Waals surface area (Å²) in [6.07, 6.45) is 0. The Labute approximate surface area is 163 Å². The highest BCUT2D eigenvalue weighted by molar-refractivity contribution is 6.05. The average Bonchev–Trinajstić information content (AvgIpc) is 3.02. The number of fused-ring (bicyclic) bond motifs is 1. The van der Waals surface area contributed by atoms with E-state index in [0.717, 1.165) is 16.6 Å². The van der Waals surface area contributed by atoms with E-state index in [1.54, 1.807) is 48.9 Å². The van der Waals surface area contributed by atoms with E-state index in [4.69, 9.17) is 4.74 Å². The first kappa shape index (κ1) is 19.4. The van der Waals surface area contributed by atoms with Crippen LogP contribution in [-0.2, 0) is 4.74 Å². The fraction of sp³-hybridized carbons (Fsp3) is 0.286. The second kappa shape index (κ2) is 7.33. The third-order valence-corrected chi connectivity index (χ3v) is 4.37. The third-order valence-electron chi connectivity index (χ3n) is 4.37. The van der Waals surface area contributed by atoms with Crippen molar-refractivity contribution in [1.29, 1.82) is 5.26 Å². The zero-order valence-corrected chi connectivity index (χ0v) is 16.3. The highest BCUT2D eigenvalue weighted by atomic mass is 16.5. The predicted octanol–water partition coefficient (Wildman–Crippen LogP) is 3.18. The number of esters is 1. The van der Waals surface area contributed by atoms with Gasteiger partial charge in [-0.1, -0.05) is 6.07 Å². The zero-order valence-electron chi connectivity index (χ0n) is 16.3. The molecule has 3 rings (SSSR count). The number of anilines is 1. The number of nitrogens with zero attached hydrogens (tertiary/aromatic N) is 3. The Morgan fingerprint density at radius 3 is 2.75 bits per heavy atom. The molecular formula is C21H22N4O3. The smallest absolute Gasteiger partial charge is 0.338 e. The molecule has 0 saturated carbocycles. The van der Waals surface area contributed by atoms with Crippen molar-refractivity contribution < 1.29 is 14.6 Å². The maximum absolute atomic E-state index is 12.1. The topological polar surface area (TPSA) is 100 Å². The number of aryl methyl sites for hydroxylation is 1. The largest absolute Gasteiger partial charge is 0.465 e. The molecule has 3 aromatic rings. The van der Waals surface area contributed by atoms with E-state index >= 15 is 0 Å². The van der Waals surface area contributed by atoms with Gasteiger partial charge in [-0.3, -0.25) is 0 Å². The molecule has 1 aromatic heterocycles. The number of ether oxygens (including phenoxy) is 1. The summed E-state index contributed by atoms with van der Waals surface area (Å²) in [5.41, 5.74) is 2.80. The minimum Gasteiger partial charge on any atom is -0.465 e. The zero-order chi connectivity index (χ0) is 20.5. The van der Waals surface area contributed by atoms with Gasteiger partial charge in [-0.25, -0.2) is 9.48 Å². The number of benzene rings is 2. The number of aliphatic hydroxyl groups is 1. The summed E-state index contributed by atoms with van der Waals surface area (Å²) in [5.74, 6) is -0.416. The Morgan fingerprint density at radius 1 is 1.36 bits per heavy atom. The van der Waals surface area contributed by atoms with Crippen molar-refractivity contribution >= 4 is 22.6 Å². The van der Waals surface area contributed by atoms with E-state index in [2.05, 4.69) is 16.5 Å². The molecule has 0 bridgehead atoms. The Hall–Kier alpha value is -3.37. The van der Waals surface area contributed by atoms with Crippen molar-refractivity contribution in [2.24, 2.45) is 0 Å². The monoisotopic (exact) mass is 378 g/mol. The van der Waals surface area contributed by atoms with Gasteiger partial charge in [-0.15, -0.1) is 0 Å². The summed E-state index contributed by atoms with van der Waals surface area (Å²) in [6.45, 7) is 5.50. The van der Waals surface area contributed by atoms with Crippen LogP contribution < -0.4 is 5.32 Å². The van der Waals surface area contributed by atoms with Gasteiger partial charge in [0.1, 0.15) is 6.07 Å². The van der Waals surface area contributed by atoms with Crippen LogP contribution in [0.5, 0.6) is 0 Å². The predicted molar refractivity (Wildman–Crippen MR) is 107 cm³/mol. The van der Waals surface area contributed by atoms with Crippen LogP contribution in [0.1, 0.15) is 35.5 Å². The van der Waals surface area contributed by atoms with Crippen LogP contribution in [0.25, 0.3) is 16.6 Å². The van der Waals surface area contributed by atoms with Crippen LogP contribution in [0.2, 0.25) is 0 Å².